The minimum atomic E-state index is -0.724. The van der Waals surface area contributed by atoms with Gasteiger partial charge in [0.1, 0.15) is 5.75 Å². The second-order valence-electron chi connectivity index (χ2n) is 5.21. The second-order valence-corrected chi connectivity index (χ2v) is 7.01. The number of fused-ring (bicyclic) bond motifs is 1. The molecule has 0 aromatic heterocycles. The van der Waals surface area contributed by atoms with Crippen molar-refractivity contribution in [3.63, 3.8) is 0 Å². The van der Waals surface area contributed by atoms with Gasteiger partial charge >= 0.3 is 0 Å². The average molecular weight is 281 g/mol. The van der Waals surface area contributed by atoms with E-state index in [4.69, 9.17) is 4.74 Å². The van der Waals surface area contributed by atoms with Crippen molar-refractivity contribution in [1.29, 1.82) is 0 Å². The Kier molecular flexibility index (Phi) is 4.99. The topological polar surface area (TPSA) is 38.3 Å². The van der Waals surface area contributed by atoms with Crippen molar-refractivity contribution in [2.45, 2.75) is 37.5 Å². The van der Waals surface area contributed by atoms with Gasteiger partial charge in [-0.25, -0.2) is 0 Å². The Morgan fingerprint density at radius 3 is 3.00 bits per heavy atom. The summed E-state index contributed by atoms with van der Waals surface area (Å²) in [6.07, 6.45) is 5.01. The van der Waals surface area contributed by atoms with Gasteiger partial charge in [-0.05, 0) is 49.1 Å². The first-order valence-electron chi connectivity index (χ1n) is 6.84. The van der Waals surface area contributed by atoms with Crippen LogP contribution in [0.25, 0.3) is 0 Å². The molecule has 1 N–H and O–H groups in total. The van der Waals surface area contributed by atoms with Gasteiger partial charge in [0.15, 0.2) is 0 Å². The zero-order valence-electron chi connectivity index (χ0n) is 11.9. The predicted molar refractivity (Wildman–Crippen MR) is 80.2 cm³/mol. The minimum Gasteiger partial charge on any atom is -0.497 e. The van der Waals surface area contributed by atoms with E-state index in [2.05, 4.69) is 17.4 Å². The van der Waals surface area contributed by atoms with Crippen LogP contribution < -0.4 is 10.1 Å². The lowest BCUT2D eigenvalue weighted by Gasteiger charge is -2.16. The molecule has 1 aromatic rings. The average Bonchev–Trinajstić information content (AvgIpc) is 2.81. The summed E-state index contributed by atoms with van der Waals surface area (Å²) in [6, 6.07) is 6.76. The summed E-state index contributed by atoms with van der Waals surface area (Å²) in [4.78, 5) is 0. The van der Waals surface area contributed by atoms with Gasteiger partial charge in [-0.3, -0.25) is 4.21 Å². The Hall–Kier alpha value is -0.870. The SMILES string of the molecule is COc1ccc2c(c1)C(NCCC(C)S(C)=O)CC2. The monoisotopic (exact) mass is 281 g/mol. The van der Waals surface area contributed by atoms with Gasteiger partial charge in [-0.2, -0.15) is 0 Å². The Morgan fingerprint density at radius 2 is 2.32 bits per heavy atom. The number of hydrogen-bond acceptors (Lipinski definition) is 3. The molecule has 0 aliphatic heterocycles. The predicted octanol–water partition coefficient (Wildman–Crippen LogP) is 2.43. The molecule has 1 aliphatic carbocycles. The lowest BCUT2D eigenvalue weighted by atomic mass is 10.1. The van der Waals surface area contributed by atoms with Crippen LogP contribution in [0.15, 0.2) is 18.2 Å². The lowest BCUT2D eigenvalue weighted by Crippen LogP contribution is -2.24. The van der Waals surface area contributed by atoms with Crippen molar-refractivity contribution in [2.75, 3.05) is 19.9 Å². The third kappa shape index (κ3) is 3.57. The molecule has 0 radical (unpaired) electrons. The third-order valence-corrected chi connectivity index (χ3v) is 5.31. The van der Waals surface area contributed by atoms with E-state index in [9.17, 15) is 4.21 Å². The van der Waals surface area contributed by atoms with E-state index in [1.165, 1.54) is 11.1 Å². The fourth-order valence-electron chi connectivity index (χ4n) is 2.55. The number of hydrogen-bond donors (Lipinski definition) is 1. The zero-order chi connectivity index (χ0) is 13.8. The highest BCUT2D eigenvalue weighted by Crippen LogP contribution is 2.33. The van der Waals surface area contributed by atoms with Gasteiger partial charge in [0.05, 0.1) is 7.11 Å². The second kappa shape index (κ2) is 6.53. The van der Waals surface area contributed by atoms with Crippen molar-refractivity contribution in [3.8, 4) is 5.75 Å². The molecule has 0 saturated carbocycles. The molecule has 4 heteroatoms. The maximum Gasteiger partial charge on any atom is 0.119 e. The standard InChI is InChI=1S/C15H23NO2S/c1-11(19(3)17)8-9-16-15-7-5-12-4-6-13(18-2)10-14(12)15/h4,6,10-11,15-16H,5,7-9H2,1-3H3. The molecule has 0 amide bonds. The van der Waals surface area contributed by atoms with Crippen LogP contribution in [0.1, 0.15) is 36.9 Å². The first-order valence-corrected chi connectivity index (χ1v) is 8.46. The summed E-state index contributed by atoms with van der Waals surface area (Å²) in [5, 5.41) is 3.85. The summed E-state index contributed by atoms with van der Waals surface area (Å²) in [7, 11) is 0.982. The van der Waals surface area contributed by atoms with Gasteiger partial charge in [-0.15, -0.1) is 0 Å². The molecule has 0 spiro atoms. The van der Waals surface area contributed by atoms with E-state index in [1.807, 2.05) is 13.0 Å². The molecule has 0 bridgehead atoms. The van der Waals surface area contributed by atoms with Gasteiger partial charge in [0.25, 0.3) is 0 Å². The van der Waals surface area contributed by atoms with Crippen LogP contribution in [0.4, 0.5) is 0 Å². The summed E-state index contributed by atoms with van der Waals surface area (Å²) in [5.41, 5.74) is 2.79. The lowest BCUT2D eigenvalue weighted by molar-refractivity contribution is 0.413. The van der Waals surface area contributed by atoms with Gasteiger partial charge in [0, 0.05) is 28.3 Å². The van der Waals surface area contributed by atoms with E-state index >= 15 is 0 Å². The van der Waals surface area contributed by atoms with Crippen LogP contribution in [0.2, 0.25) is 0 Å². The van der Waals surface area contributed by atoms with Crippen molar-refractivity contribution in [1.82, 2.24) is 5.32 Å². The molecular weight excluding hydrogens is 258 g/mol. The molecule has 0 heterocycles. The van der Waals surface area contributed by atoms with E-state index in [1.54, 1.807) is 13.4 Å². The van der Waals surface area contributed by atoms with E-state index in [0.717, 1.165) is 31.6 Å². The summed E-state index contributed by atoms with van der Waals surface area (Å²) in [5.74, 6) is 0.926. The summed E-state index contributed by atoms with van der Waals surface area (Å²) < 4.78 is 16.6. The highest BCUT2D eigenvalue weighted by Gasteiger charge is 2.22. The molecule has 3 atom stereocenters. The molecule has 1 aliphatic rings. The number of rotatable bonds is 6. The van der Waals surface area contributed by atoms with E-state index < -0.39 is 10.8 Å². The molecule has 0 saturated heterocycles. The fourth-order valence-corrected chi connectivity index (χ4v) is 3.00. The number of ether oxygens (including phenoxy) is 1. The molecule has 3 nitrogen and oxygen atoms in total. The van der Waals surface area contributed by atoms with Crippen LogP contribution in [0, 0.1) is 0 Å². The number of aryl methyl sites for hydroxylation is 1. The maximum absolute atomic E-state index is 11.3. The number of nitrogens with one attached hydrogen (secondary N) is 1. The van der Waals surface area contributed by atoms with Crippen LogP contribution in [0.5, 0.6) is 5.75 Å². The van der Waals surface area contributed by atoms with Crippen molar-refractivity contribution >= 4 is 10.8 Å². The fraction of sp³-hybridized carbons (Fsp3) is 0.600. The normalized spacial score (nSPS) is 20.9. The molecule has 106 valence electrons. The van der Waals surface area contributed by atoms with E-state index in [0.29, 0.717) is 6.04 Å². The van der Waals surface area contributed by atoms with Gasteiger partial charge < -0.3 is 10.1 Å². The first kappa shape index (κ1) is 14.5. The van der Waals surface area contributed by atoms with Crippen molar-refractivity contribution in [3.05, 3.63) is 29.3 Å². The van der Waals surface area contributed by atoms with Crippen LogP contribution in [0.3, 0.4) is 0 Å². The smallest absolute Gasteiger partial charge is 0.119 e. The Bertz CT molecular complexity index is 461. The van der Waals surface area contributed by atoms with Crippen LogP contribution >= 0.6 is 0 Å². The molecule has 0 fully saturated rings. The Labute approximate surface area is 118 Å². The van der Waals surface area contributed by atoms with Crippen LogP contribution in [-0.2, 0) is 17.2 Å². The van der Waals surface area contributed by atoms with Crippen molar-refractivity contribution < 1.29 is 8.95 Å². The highest BCUT2D eigenvalue weighted by atomic mass is 32.2. The van der Waals surface area contributed by atoms with Crippen molar-refractivity contribution in [2.24, 2.45) is 0 Å². The summed E-state index contributed by atoms with van der Waals surface area (Å²) >= 11 is 0. The summed E-state index contributed by atoms with van der Waals surface area (Å²) in [6.45, 7) is 2.96. The Morgan fingerprint density at radius 1 is 1.53 bits per heavy atom. The number of benzene rings is 1. The third-order valence-electron chi connectivity index (χ3n) is 3.94. The number of methoxy groups -OCH3 is 1. The zero-order valence-corrected chi connectivity index (χ0v) is 12.8. The molecule has 3 unspecified atom stereocenters. The molecule has 19 heavy (non-hydrogen) atoms. The molecule has 1 aromatic carbocycles. The van der Waals surface area contributed by atoms with Crippen LogP contribution in [-0.4, -0.2) is 29.4 Å². The largest absolute Gasteiger partial charge is 0.497 e. The minimum absolute atomic E-state index is 0.263. The molecule has 2 rings (SSSR count). The maximum atomic E-state index is 11.3. The van der Waals surface area contributed by atoms with Gasteiger partial charge in [-0.1, -0.05) is 13.0 Å². The van der Waals surface area contributed by atoms with E-state index in [-0.39, 0.29) is 5.25 Å². The quantitative estimate of drug-likeness (QED) is 0.870. The highest BCUT2D eigenvalue weighted by molar-refractivity contribution is 7.84. The first-order chi connectivity index (χ1) is 9.11. The van der Waals surface area contributed by atoms with Gasteiger partial charge in [0.2, 0.25) is 0 Å². The Balaban J connectivity index is 1.93. The molecular formula is C15H23NO2S.